The van der Waals surface area contributed by atoms with E-state index in [4.69, 9.17) is 9.72 Å². The minimum absolute atomic E-state index is 0.806. The van der Waals surface area contributed by atoms with Crippen LogP contribution in [0.2, 0.25) is 0 Å². The molecule has 1 fully saturated rings. The number of rotatable bonds is 9. The Labute approximate surface area is 149 Å². The van der Waals surface area contributed by atoms with Crippen LogP contribution in [0.25, 0.3) is 5.65 Å². The smallest absolute Gasteiger partial charge is 0.190 e. The zero-order chi connectivity index (χ0) is 17.5. The number of nitrogens with one attached hydrogen (secondary N) is 2. The maximum absolute atomic E-state index is 5.64. The van der Waals surface area contributed by atoms with Gasteiger partial charge in [0, 0.05) is 52.2 Å². The Hall–Kier alpha value is -2.08. The topological polar surface area (TPSA) is 63.0 Å². The van der Waals surface area contributed by atoms with Crippen molar-refractivity contribution in [3.05, 3.63) is 35.8 Å². The fraction of sp³-hybridized carbons (Fsp3) is 0.579. The highest BCUT2D eigenvalue weighted by molar-refractivity contribution is 5.79. The highest BCUT2D eigenvalue weighted by Crippen LogP contribution is 2.28. The van der Waals surface area contributed by atoms with Gasteiger partial charge in [0.2, 0.25) is 0 Å². The zero-order valence-electron chi connectivity index (χ0n) is 15.3. The molecule has 2 aromatic rings. The molecule has 1 saturated carbocycles. The van der Waals surface area contributed by atoms with Crippen LogP contribution in [0, 0.1) is 12.8 Å². The Morgan fingerprint density at radius 3 is 2.96 bits per heavy atom. The number of fused-ring (bicyclic) bond motifs is 1. The monoisotopic (exact) mass is 343 g/mol. The largest absolute Gasteiger partial charge is 0.381 e. The van der Waals surface area contributed by atoms with Crippen molar-refractivity contribution in [2.24, 2.45) is 10.9 Å². The molecule has 0 saturated heterocycles. The quantitative estimate of drug-likeness (QED) is 0.416. The lowest BCUT2D eigenvalue weighted by Crippen LogP contribution is -2.39. The first kappa shape index (κ1) is 17.7. The minimum Gasteiger partial charge on any atom is -0.381 e. The summed E-state index contributed by atoms with van der Waals surface area (Å²) in [7, 11) is 1.80. The number of nitrogens with zero attached hydrogens (tertiary/aromatic N) is 3. The first-order valence-electron chi connectivity index (χ1n) is 9.21. The molecule has 0 radical (unpaired) electrons. The van der Waals surface area contributed by atoms with Crippen LogP contribution in [0.15, 0.2) is 29.5 Å². The van der Waals surface area contributed by atoms with Gasteiger partial charge in [0.1, 0.15) is 5.65 Å². The molecular weight excluding hydrogens is 314 g/mol. The molecule has 6 heteroatoms. The van der Waals surface area contributed by atoms with E-state index in [0.29, 0.717) is 0 Å². The average molecular weight is 343 g/mol. The summed E-state index contributed by atoms with van der Waals surface area (Å²) in [5.41, 5.74) is 3.32. The summed E-state index contributed by atoms with van der Waals surface area (Å²) in [6.45, 7) is 5.52. The molecule has 6 nitrogen and oxygen atoms in total. The highest BCUT2D eigenvalue weighted by Gasteiger charge is 2.20. The molecule has 1 aliphatic carbocycles. The van der Waals surface area contributed by atoms with Gasteiger partial charge in [-0.1, -0.05) is 6.07 Å². The van der Waals surface area contributed by atoms with Crippen molar-refractivity contribution in [3.63, 3.8) is 0 Å². The van der Waals surface area contributed by atoms with E-state index in [9.17, 15) is 0 Å². The maximum Gasteiger partial charge on any atom is 0.190 e. The molecule has 25 heavy (non-hydrogen) atoms. The number of aryl methyl sites for hydroxylation is 1. The van der Waals surface area contributed by atoms with Gasteiger partial charge in [0.25, 0.3) is 0 Å². The van der Waals surface area contributed by atoms with E-state index in [0.717, 1.165) is 62.4 Å². The lowest BCUT2D eigenvalue weighted by atomic mass is 10.3. The Balaban J connectivity index is 1.33. The second-order valence-electron chi connectivity index (χ2n) is 6.70. The number of hydrogen-bond donors (Lipinski definition) is 2. The molecular formula is C19H29N5O. The number of imidazole rings is 1. The predicted molar refractivity (Wildman–Crippen MR) is 101 cm³/mol. The summed E-state index contributed by atoms with van der Waals surface area (Å²) >= 11 is 0. The van der Waals surface area contributed by atoms with Crippen LogP contribution < -0.4 is 10.6 Å². The molecule has 0 atom stereocenters. The van der Waals surface area contributed by atoms with Crippen LogP contribution in [-0.2, 0) is 11.2 Å². The zero-order valence-corrected chi connectivity index (χ0v) is 15.3. The molecule has 136 valence electrons. The average Bonchev–Trinajstić information content (AvgIpc) is 3.34. The number of guanidine groups is 1. The van der Waals surface area contributed by atoms with Gasteiger partial charge >= 0.3 is 0 Å². The first-order chi connectivity index (χ1) is 12.3. The molecule has 2 N–H and O–H groups in total. The summed E-state index contributed by atoms with van der Waals surface area (Å²) in [6, 6.07) is 4.14. The summed E-state index contributed by atoms with van der Waals surface area (Å²) in [5.74, 6) is 1.67. The Kier molecular flexibility index (Phi) is 6.28. The van der Waals surface area contributed by atoms with Gasteiger partial charge in [0.05, 0.1) is 5.69 Å². The molecule has 1 aliphatic rings. The summed E-state index contributed by atoms with van der Waals surface area (Å²) in [5, 5.41) is 6.67. The van der Waals surface area contributed by atoms with E-state index in [1.54, 1.807) is 7.05 Å². The standard InChI is InChI=1S/C19H29N5O/c1-15-5-3-11-24-13-17(23-18(15)24)8-10-22-19(20-2)21-9-4-12-25-14-16-6-7-16/h3,5,11,13,16H,4,6-10,12,14H2,1-2H3,(H2,20,21,22). The third kappa shape index (κ3) is 5.46. The second kappa shape index (κ2) is 8.85. The van der Waals surface area contributed by atoms with Crippen molar-refractivity contribution >= 4 is 11.6 Å². The molecule has 0 aromatic carbocycles. The number of aromatic nitrogens is 2. The van der Waals surface area contributed by atoms with Crippen molar-refractivity contribution in [3.8, 4) is 0 Å². The number of hydrogen-bond acceptors (Lipinski definition) is 3. The lowest BCUT2D eigenvalue weighted by molar-refractivity contribution is 0.123. The van der Waals surface area contributed by atoms with Gasteiger partial charge in [0.15, 0.2) is 5.96 Å². The Morgan fingerprint density at radius 1 is 1.36 bits per heavy atom. The van der Waals surface area contributed by atoms with Crippen LogP contribution in [-0.4, -0.2) is 48.7 Å². The molecule has 0 unspecified atom stereocenters. The van der Waals surface area contributed by atoms with Gasteiger partial charge in [-0.15, -0.1) is 0 Å². The fourth-order valence-electron chi connectivity index (χ4n) is 2.77. The van der Waals surface area contributed by atoms with Crippen molar-refractivity contribution in [2.75, 3.05) is 33.4 Å². The third-order valence-electron chi connectivity index (χ3n) is 4.43. The second-order valence-corrected chi connectivity index (χ2v) is 6.70. The van der Waals surface area contributed by atoms with E-state index in [1.807, 2.05) is 12.3 Å². The van der Waals surface area contributed by atoms with Gasteiger partial charge in [-0.05, 0) is 43.7 Å². The molecule has 0 spiro atoms. The van der Waals surface area contributed by atoms with Crippen LogP contribution in [0.3, 0.4) is 0 Å². The minimum atomic E-state index is 0.806. The van der Waals surface area contributed by atoms with E-state index in [2.05, 4.69) is 39.2 Å². The normalized spacial score (nSPS) is 14.9. The summed E-state index contributed by atoms with van der Waals surface area (Å²) in [4.78, 5) is 8.96. The first-order valence-corrected chi connectivity index (χ1v) is 9.21. The third-order valence-corrected chi connectivity index (χ3v) is 4.43. The maximum atomic E-state index is 5.64. The Morgan fingerprint density at radius 2 is 2.20 bits per heavy atom. The van der Waals surface area contributed by atoms with Crippen LogP contribution >= 0.6 is 0 Å². The number of ether oxygens (including phenoxy) is 1. The fourth-order valence-corrected chi connectivity index (χ4v) is 2.77. The molecule has 2 heterocycles. The SMILES string of the molecule is CN=C(NCCCOCC1CC1)NCCc1cn2cccc(C)c2n1. The van der Waals surface area contributed by atoms with Crippen LogP contribution in [0.4, 0.5) is 0 Å². The van der Waals surface area contributed by atoms with Gasteiger partial charge in [-0.3, -0.25) is 4.99 Å². The van der Waals surface area contributed by atoms with Crippen molar-refractivity contribution in [1.29, 1.82) is 0 Å². The molecule has 0 bridgehead atoms. The van der Waals surface area contributed by atoms with Gasteiger partial charge in [-0.2, -0.15) is 0 Å². The molecule has 0 amide bonds. The molecule has 2 aromatic heterocycles. The van der Waals surface area contributed by atoms with E-state index in [1.165, 1.54) is 18.4 Å². The Bertz CT molecular complexity index is 705. The van der Waals surface area contributed by atoms with Crippen molar-refractivity contribution < 1.29 is 4.74 Å². The summed E-state index contributed by atoms with van der Waals surface area (Å²) < 4.78 is 7.72. The number of aliphatic imine (C=N–C) groups is 1. The number of pyridine rings is 1. The lowest BCUT2D eigenvalue weighted by Gasteiger charge is -2.11. The molecule has 3 rings (SSSR count). The van der Waals surface area contributed by atoms with Crippen LogP contribution in [0.5, 0.6) is 0 Å². The van der Waals surface area contributed by atoms with Crippen molar-refractivity contribution in [1.82, 2.24) is 20.0 Å². The van der Waals surface area contributed by atoms with E-state index < -0.39 is 0 Å². The van der Waals surface area contributed by atoms with Gasteiger partial charge < -0.3 is 19.8 Å². The van der Waals surface area contributed by atoms with Gasteiger partial charge in [-0.25, -0.2) is 4.98 Å². The van der Waals surface area contributed by atoms with E-state index in [-0.39, 0.29) is 0 Å². The van der Waals surface area contributed by atoms with Crippen LogP contribution in [0.1, 0.15) is 30.5 Å². The van der Waals surface area contributed by atoms with Crippen molar-refractivity contribution in [2.45, 2.75) is 32.6 Å². The molecule has 0 aliphatic heterocycles. The highest BCUT2D eigenvalue weighted by atomic mass is 16.5. The summed E-state index contributed by atoms with van der Waals surface area (Å²) in [6.07, 6.45) is 8.70. The van der Waals surface area contributed by atoms with E-state index >= 15 is 0 Å². The predicted octanol–water partition coefficient (Wildman–Crippen LogP) is 2.17.